The Kier molecular flexibility index (Phi) is 6.17. The van der Waals surface area contributed by atoms with E-state index in [2.05, 4.69) is 61.3 Å². The quantitative estimate of drug-likeness (QED) is 0.611. The van der Waals surface area contributed by atoms with Gasteiger partial charge in [0.15, 0.2) is 0 Å². The van der Waals surface area contributed by atoms with Gasteiger partial charge in [0.05, 0.1) is 11.2 Å². The molecule has 2 aromatic heterocycles. The maximum absolute atomic E-state index is 12.4. The summed E-state index contributed by atoms with van der Waals surface area (Å²) in [6.45, 7) is 13.4. The fraction of sp³-hybridized carbons (Fsp3) is 0.417. The van der Waals surface area contributed by atoms with Gasteiger partial charge in [-0.1, -0.05) is 20.8 Å². The molecular formula is C24H31N3O3. The van der Waals surface area contributed by atoms with E-state index in [1.165, 1.54) is 22.8 Å². The lowest BCUT2D eigenvalue weighted by Gasteiger charge is -2.18. The first-order valence-corrected chi connectivity index (χ1v) is 10.5. The highest BCUT2D eigenvalue weighted by molar-refractivity contribution is 5.92. The van der Waals surface area contributed by atoms with Crippen molar-refractivity contribution in [2.24, 2.45) is 7.05 Å². The van der Waals surface area contributed by atoms with Crippen LogP contribution in [0.15, 0.2) is 23.0 Å². The van der Waals surface area contributed by atoms with Crippen molar-refractivity contribution in [3.8, 4) is 11.3 Å². The average Bonchev–Trinajstić information content (AvgIpc) is 3.03. The first-order valence-electron chi connectivity index (χ1n) is 10.5. The first-order chi connectivity index (χ1) is 14.2. The number of pyridine rings is 1. The number of aromatic nitrogens is 2. The summed E-state index contributed by atoms with van der Waals surface area (Å²) in [4.78, 5) is 29.0. The molecule has 0 saturated carbocycles. The van der Waals surface area contributed by atoms with Gasteiger partial charge < -0.3 is 14.7 Å². The number of H-pyrrole nitrogens is 1. The average molecular weight is 410 g/mol. The highest BCUT2D eigenvalue weighted by Gasteiger charge is 2.19. The third-order valence-corrected chi connectivity index (χ3v) is 6.27. The van der Waals surface area contributed by atoms with Crippen LogP contribution in [0.5, 0.6) is 0 Å². The predicted molar refractivity (Wildman–Crippen MR) is 121 cm³/mol. The Hall–Kier alpha value is -2.86. The number of benzene rings is 1. The number of nitrogens with zero attached hydrogens (tertiary/aromatic N) is 2. The predicted octanol–water partition coefficient (Wildman–Crippen LogP) is 4.25. The van der Waals surface area contributed by atoms with Crippen molar-refractivity contribution < 1.29 is 9.90 Å². The first kappa shape index (κ1) is 21.8. The van der Waals surface area contributed by atoms with Gasteiger partial charge in [-0.2, -0.15) is 0 Å². The van der Waals surface area contributed by atoms with E-state index in [0.29, 0.717) is 12.1 Å². The standard InChI is InChI=1S/C24H31N3O3/c1-7-16-11-20(24(29)30)23(28)25-21(16)19-12-17-10-18(13-27(8-2)9-3)26(6)22(17)15(5)14(19)4/h10-12H,7-9,13H2,1-6H3,(H,25,28)(H,29,30). The molecule has 0 saturated heterocycles. The third-order valence-electron chi connectivity index (χ3n) is 6.27. The zero-order valence-corrected chi connectivity index (χ0v) is 18.7. The normalized spacial score (nSPS) is 11.6. The number of nitrogens with one attached hydrogen (secondary N) is 1. The molecule has 0 radical (unpaired) electrons. The van der Waals surface area contributed by atoms with E-state index in [9.17, 15) is 14.7 Å². The molecule has 0 atom stereocenters. The number of hydrogen-bond acceptors (Lipinski definition) is 3. The molecule has 3 aromatic rings. The van der Waals surface area contributed by atoms with Crippen molar-refractivity contribution in [2.45, 2.75) is 47.6 Å². The molecule has 0 unspecified atom stereocenters. The van der Waals surface area contributed by atoms with Gasteiger partial charge in [-0.3, -0.25) is 9.69 Å². The summed E-state index contributed by atoms with van der Waals surface area (Å²) in [5.41, 5.74) is 6.41. The second-order valence-corrected chi connectivity index (χ2v) is 7.84. The SMILES string of the molecule is CCc1cc(C(=O)O)c(=O)[nH]c1-c1cc2cc(CN(CC)CC)n(C)c2c(C)c1C. The van der Waals surface area contributed by atoms with Crippen LogP contribution in [0.1, 0.15) is 53.5 Å². The van der Waals surface area contributed by atoms with E-state index < -0.39 is 11.5 Å². The number of aryl methyl sites for hydroxylation is 3. The van der Waals surface area contributed by atoms with Gasteiger partial charge >= 0.3 is 5.97 Å². The number of aromatic carboxylic acids is 1. The minimum atomic E-state index is -1.20. The number of hydrogen-bond donors (Lipinski definition) is 2. The topological polar surface area (TPSA) is 78.3 Å². The molecule has 6 nitrogen and oxygen atoms in total. The molecule has 0 spiro atoms. The van der Waals surface area contributed by atoms with Crippen LogP contribution < -0.4 is 5.56 Å². The molecular weight excluding hydrogens is 378 g/mol. The summed E-state index contributed by atoms with van der Waals surface area (Å²) in [5, 5.41) is 10.4. The molecule has 0 bridgehead atoms. The van der Waals surface area contributed by atoms with E-state index >= 15 is 0 Å². The summed E-state index contributed by atoms with van der Waals surface area (Å²) < 4.78 is 2.26. The van der Waals surface area contributed by atoms with Gasteiger partial charge in [0.2, 0.25) is 0 Å². The van der Waals surface area contributed by atoms with E-state index in [1.807, 2.05) is 6.92 Å². The lowest BCUT2D eigenvalue weighted by molar-refractivity contribution is 0.0695. The van der Waals surface area contributed by atoms with Gasteiger partial charge in [-0.25, -0.2) is 4.79 Å². The molecule has 30 heavy (non-hydrogen) atoms. The molecule has 0 amide bonds. The molecule has 2 heterocycles. The third kappa shape index (κ3) is 3.67. The minimum absolute atomic E-state index is 0.215. The van der Waals surface area contributed by atoms with Crippen molar-refractivity contribution in [2.75, 3.05) is 13.1 Å². The van der Waals surface area contributed by atoms with Gasteiger partial charge in [-0.05, 0) is 68.2 Å². The van der Waals surface area contributed by atoms with Crippen LogP contribution in [0, 0.1) is 13.8 Å². The number of fused-ring (bicyclic) bond motifs is 1. The molecule has 0 aliphatic heterocycles. The highest BCUT2D eigenvalue weighted by Crippen LogP contribution is 2.34. The number of aromatic amines is 1. The van der Waals surface area contributed by atoms with E-state index in [0.717, 1.165) is 41.7 Å². The number of rotatable bonds is 7. The zero-order chi connectivity index (χ0) is 22.2. The van der Waals surface area contributed by atoms with Crippen molar-refractivity contribution in [1.82, 2.24) is 14.5 Å². The summed E-state index contributed by atoms with van der Waals surface area (Å²) in [7, 11) is 2.11. The Labute approximate surface area is 177 Å². The maximum atomic E-state index is 12.4. The van der Waals surface area contributed by atoms with Crippen molar-refractivity contribution in [3.05, 3.63) is 56.5 Å². The Bertz CT molecular complexity index is 1170. The van der Waals surface area contributed by atoms with Crippen LogP contribution in [0.2, 0.25) is 0 Å². The summed E-state index contributed by atoms with van der Waals surface area (Å²) >= 11 is 0. The zero-order valence-electron chi connectivity index (χ0n) is 18.7. The fourth-order valence-corrected chi connectivity index (χ4v) is 4.24. The van der Waals surface area contributed by atoms with Gasteiger partial charge in [0.25, 0.3) is 5.56 Å². The summed E-state index contributed by atoms with van der Waals surface area (Å²) in [5.74, 6) is -1.20. The monoisotopic (exact) mass is 409 g/mol. The lowest BCUT2D eigenvalue weighted by atomic mass is 9.94. The number of carboxylic acids is 1. The largest absolute Gasteiger partial charge is 0.477 e. The molecule has 3 rings (SSSR count). The second kappa shape index (κ2) is 8.48. The van der Waals surface area contributed by atoms with E-state index in [-0.39, 0.29) is 5.56 Å². The van der Waals surface area contributed by atoms with Crippen molar-refractivity contribution in [3.63, 3.8) is 0 Å². The lowest BCUT2D eigenvalue weighted by Crippen LogP contribution is -2.23. The second-order valence-electron chi connectivity index (χ2n) is 7.84. The molecule has 0 aliphatic rings. The smallest absolute Gasteiger partial charge is 0.341 e. The van der Waals surface area contributed by atoms with E-state index in [4.69, 9.17) is 0 Å². The Morgan fingerprint density at radius 2 is 1.77 bits per heavy atom. The van der Waals surface area contributed by atoms with Crippen LogP contribution in [-0.2, 0) is 20.0 Å². The Balaban J connectivity index is 2.24. The Morgan fingerprint density at radius 1 is 1.10 bits per heavy atom. The molecule has 0 fully saturated rings. The molecule has 1 aromatic carbocycles. The number of carboxylic acid groups (broad SMARTS) is 1. The van der Waals surface area contributed by atoms with Crippen LogP contribution >= 0.6 is 0 Å². The molecule has 160 valence electrons. The van der Waals surface area contributed by atoms with Crippen LogP contribution in [0.25, 0.3) is 22.2 Å². The summed E-state index contributed by atoms with van der Waals surface area (Å²) in [6, 6.07) is 5.85. The summed E-state index contributed by atoms with van der Waals surface area (Å²) in [6.07, 6.45) is 0.630. The maximum Gasteiger partial charge on any atom is 0.341 e. The molecule has 2 N–H and O–H groups in total. The molecule has 6 heteroatoms. The van der Waals surface area contributed by atoms with E-state index in [1.54, 1.807) is 0 Å². The van der Waals surface area contributed by atoms with Gasteiger partial charge in [0, 0.05) is 30.2 Å². The van der Waals surface area contributed by atoms with Crippen LogP contribution in [0.4, 0.5) is 0 Å². The van der Waals surface area contributed by atoms with Crippen LogP contribution in [-0.4, -0.2) is 38.6 Å². The number of carbonyl (C=O) groups is 1. The minimum Gasteiger partial charge on any atom is -0.477 e. The highest BCUT2D eigenvalue weighted by atomic mass is 16.4. The van der Waals surface area contributed by atoms with Crippen molar-refractivity contribution in [1.29, 1.82) is 0 Å². The van der Waals surface area contributed by atoms with Crippen LogP contribution in [0.3, 0.4) is 0 Å². The Morgan fingerprint density at radius 3 is 2.33 bits per heavy atom. The van der Waals surface area contributed by atoms with Crippen molar-refractivity contribution >= 4 is 16.9 Å². The molecule has 0 aliphatic carbocycles. The fourth-order valence-electron chi connectivity index (χ4n) is 4.24. The van der Waals surface area contributed by atoms with Gasteiger partial charge in [0.1, 0.15) is 5.56 Å². The van der Waals surface area contributed by atoms with Gasteiger partial charge in [-0.15, -0.1) is 0 Å².